The molecule has 0 radical (unpaired) electrons. The first-order valence-electron chi connectivity index (χ1n) is 7.63. The van der Waals surface area contributed by atoms with Crippen LogP contribution in [0.15, 0.2) is 42.2 Å². The van der Waals surface area contributed by atoms with Crippen LogP contribution in [0, 0.1) is 0 Å². The van der Waals surface area contributed by atoms with E-state index >= 15 is 0 Å². The lowest BCUT2D eigenvalue weighted by atomic mass is 9.88. The zero-order valence-corrected chi connectivity index (χ0v) is 12.5. The monoisotopic (exact) mass is 303 g/mol. The van der Waals surface area contributed by atoms with Gasteiger partial charge < -0.3 is 14.6 Å². The van der Waals surface area contributed by atoms with Crippen molar-refractivity contribution in [3.63, 3.8) is 0 Å². The number of carbonyl (C=O) groups excluding carboxylic acids is 1. The number of carbonyl (C=O) groups is 1. The minimum Gasteiger partial charge on any atom is -0.511 e. The smallest absolute Gasteiger partial charge is 0.320 e. The highest BCUT2D eigenvalue weighted by molar-refractivity contribution is 5.72. The number of rotatable bonds is 4. The zero-order chi connectivity index (χ0) is 15.4. The molecule has 0 saturated carbocycles. The molecule has 0 amide bonds. The van der Waals surface area contributed by atoms with Crippen molar-refractivity contribution in [1.82, 2.24) is 4.90 Å². The van der Waals surface area contributed by atoms with Crippen LogP contribution < -0.4 is 0 Å². The van der Waals surface area contributed by atoms with Gasteiger partial charge in [0.15, 0.2) is 0 Å². The van der Waals surface area contributed by atoms with E-state index in [-0.39, 0.29) is 19.1 Å². The molecule has 2 heterocycles. The van der Waals surface area contributed by atoms with Crippen LogP contribution in [0.4, 0.5) is 0 Å². The van der Waals surface area contributed by atoms with Crippen LogP contribution in [0.1, 0.15) is 18.4 Å². The molecule has 1 fully saturated rings. The molecule has 2 aliphatic rings. The molecule has 1 aromatic rings. The van der Waals surface area contributed by atoms with Crippen LogP contribution in [0.25, 0.3) is 0 Å². The summed E-state index contributed by atoms with van der Waals surface area (Å²) < 4.78 is 10.7. The number of hydrogen-bond acceptors (Lipinski definition) is 5. The highest BCUT2D eigenvalue weighted by atomic mass is 16.5. The van der Waals surface area contributed by atoms with Gasteiger partial charge in [0, 0.05) is 19.8 Å². The Bertz CT molecular complexity index is 549. The number of esters is 1. The zero-order valence-electron chi connectivity index (χ0n) is 12.5. The standard InChI is InChI=1S/C17H21NO4/c19-15-6-9-18(17(15)7-10-21-11-8-17)12-16(20)22-13-14-4-2-1-3-5-14/h1-6,19H,7-13H2. The SMILES string of the molecule is O=C(CN1CC=C(O)C12CCOCC2)OCc1ccccc1. The lowest BCUT2D eigenvalue weighted by molar-refractivity contribution is -0.148. The highest BCUT2D eigenvalue weighted by Gasteiger charge is 2.46. The maximum atomic E-state index is 12.1. The van der Waals surface area contributed by atoms with Crippen LogP contribution in [0.2, 0.25) is 0 Å². The number of aliphatic hydroxyl groups excluding tert-OH is 1. The molecule has 1 N–H and O–H groups in total. The van der Waals surface area contributed by atoms with Crippen molar-refractivity contribution < 1.29 is 19.4 Å². The average molecular weight is 303 g/mol. The fourth-order valence-electron chi connectivity index (χ4n) is 3.16. The molecule has 118 valence electrons. The summed E-state index contributed by atoms with van der Waals surface area (Å²) in [5.74, 6) is 0.101. The summed E-state index contributed by atoms with van der Waals surface area (Å²) in [5, 5.41) is 10.2. The Morgan fingerprint density at radius 3 is 2.73 bits per heavy atom. The van der Waals surface area contributed by atoms with Gasteiger partial charge in [0.2, 0.25) is 0 Å². The van der Waals surface area contributed by atoms with Crippen molar-refractivity contribution in [2.75, 3.05) is 26.3 Å². The number of hydrogen-bond donors (Lipinski definition) is 1. The molecule has 1 spiro atoms. The number of nitrogens with zero attached hydrogens (tertiary/aromatic N) is 1. The Morgan fingerprint density at radius 2 is 2.00 bits per heavy atom. The highest BCUT2D eigenvalue weighted by Crippen LogP contribution is 2.37. The van der Waals surface area contributed by atoms with Crippen molar-refractivity contribution in [3.8, 4) is 0 Å². The Labute approximate surface area is 130 Å². The van der Waals surface area contributed by atoms with Crippen molar-refractivity contribution in [1.29, 1.82) is 0 Å². The molecule has 22 heavy (non-hydrogen) atoms. The van der Waals surface area contributed by atoms with E-state index in [9.17, 15) is 9.90 Å². The number of ether oxygens (including phenoxy) is 2. The fraction of sp³-hybridized carbons (Fsp3) is 0.471. The van der Waals surface area contributed by atoms with Gasteiger partial charge in [0.05, 0.1) is 12.1 Å². The number of benzene rings is 1. The maximum Gasteiger partial charge on any atom is 0.320 e. The van der Waals surface area contributed by atoms with Crippen LogP contribution in [-0.4, -0.2) is 47.8 Å². The van der Waals surface area contributed by atoms with E-state index in [4.69, 9.17) is 9.47 Å². The minimum atomic E-state index is -0.440. The summed E-state index contributed by atoms with van der Waals surface area (Å²) in [6.45, 7) is 2.25. The first-order valence-corrected chi connectivity index (χ1v) is 7.63. The van der Waals surface area contributed by atoms with Gasteiger partial charge in [-0.3, -0.25) is 9.69 Å². The van der Waals surface area contributed by atoms with Crippen molar-refractivity contribution in [3.05, 3.63) is 47.7 Å². The van der Waals surface area contributed by atoms with Gasteiger partial charge in [-0.2, -0.15) is 0 Å². The average Bonchev–Trinajstić information content (AvgIpc) is 2.84. The van der Waals surface area contributed by atoms with Gasteiger partial charge in [0.25, 0.3) is 0 Å². The summed E-state index contributed by atoms with van der Waals surface area (Å²) in [7, 11) is 0. The van der Waals surface area contributed by atoms with E-state index in [1.807, 2.05) is 35.2 Å². The molecule has 0 unspecified atom stereocenters. The van der Waals surface area contributed by atoms with Crippen LogP contribution in [0.3, 0.4) is 0 Å². The van der Waals surface area contributed by atoms with Crippen molar-refractivity contribution in [2.24, 2.45) is 0 Å². The third-order valence-corrected chi connectivity index (χ3v) is 4.47. The first kappa shape index (κ1) is 15.1. The molecular formula is C17H21NO4. The molecule has 1 aromatic carbocycles. The van der Waals surface area contributed by atoms with E-state index in [1.165, 1.54) is 0 Å². The molecule has 1 saturated heterocycles. The maximum absolute atomic E-state index is 12.1. The predicted molar refractivity (Wildman–Crippen MR) is 81.3 cm³/mol. The quantitative estimate of drug-likeness (QED) is 0.863. The van der Waals surface area contributed by atoms with Gasteiger partial charge >= 0.3 is 5.97 Å². The molecule has 2 aliphatic heterocycles. The van der Waals surface area contributed by atoms with E-state index < -0.39 is 5.54 Å². The van der Waals surface area contributed by atoms with E-state index in [2.05, 4.69) is 0 Å². The van der Waals surface area contributed by atoms with E-state index in [1.54, 1.807) is 6.08 Å². The van der Waals surface area contributed by atoms with Crippen LogP contribution in [0.5, 0.6) is 0 Å². The van der Waals surface area contributed by atoms with Gasteiger partial charge in [0.1, 0.15) is 12.4 Å². The fourth-order valence-corrected chi connectivity index (χ4v) is 3.16. The summed E-state index contributed by atoms with van der Waals surface area (Å²) in [4.78, 5) is 14.1. The summed E-state index contributed by atoms with van der Waals surface area (Å²) in [6, 6.07) is 9.62. The summed E-state index contributed by atoms with van der Waals surface area (Å²) in [6.07, 6.45) is 3.21. The van der Waals surface area contributed by atoms with Gasteiger partial charge in [-0.05, 0) is 24.5 Å². The van der Waals surface area contributed by atoms with Crippen LogP contribution in [-0.2, 0) is 20.9 Å². The molecule has 0 aliphatic carbocycles. The molecule has 0 atom stereocenters. The predicted octanol–water partition coefficient (Wildman–Crippen LogP) is 2.04. The van der Waals surface area contributed by atoms with Crippen molar-refractivity contribution >= 4 is 5.97 Å². The van der Waals surface area contributed by atoms with Gasteiger partial charge in [-0.25, -0.2) is 0 Å². The molecule has 5 nitrogen and oxygen atoms in total. The first-order chi connectivity index (χ1) is 10.7. The lowest BCUT2D eigenvalue weighted by Crippen LogP contribution is -2.52. The molecule has 5 heteroatoms. The molecule has 3 rings (SSSR count). The Morgan fingerprint density at radius 1 is 1.27 bits per heavy atom. The topological polar surface area (TPSA) is 59.0 Å². The summed E-state index contributed by atoms with van der Waals surface area (Å²) >= 11 is 0. The lowest BCUT2D eigenvalue weighted by Gasteiger charge is -2.41. The number of aliphatic hydroxyl groups is 1. The van der Waals surface area contributed by atoms with E-state index in [0.29, 0.717) is 38.4 Å². The van der Waals surface area contributed by atoms with Gasteiger partial charge in [-0.1, -0.05) is 30.3 Å². The second kappa shape index (κ2) is 6.50. The Hall–Kier alpha value is -1.85. The normalized spacial score (nSPS) is 20.8. The largest absolute Gasteiger partial charge is 0.511 e. The Balaban J connectivity index is 1.57. The van der Waals surface area contributed by atoms with Crippen molar-refractivity contribution in [2.45, 2.75) is 25.0 Å². The van der Waals surface area contributed by atoms with Crippen LogP contribution >= 0.6 is 0 Å². The van der Waals surface area contributed by atoms with Gasteiger partial charge in [-0.15, -0.1) is 0 Å². The Kier molecular flexibility index (Phi) is 4.45. The third-order valence-electron chi connectivity index (χ3n) is 4.47. The molecule has 0 bridgehead atoms. The minimum absolute atomic E-state index is 0.188. The second-order valence-electron chi connectivity index (χ2n) is 5.76. The molecular weight excluding hydrogens is 282 g/mol. The summed E-state index contributed by atoms with van der Waals surface area (Å²) in [5.41, 5.74) is 0.531. The van der Waals surface area contributed by atoms with E-state index in [0.717, 1.165) is 5.56 Å². The second-order valence-corrected chi connectivity index (χ2v) is 5.76. The third kappa shape index (κ3) is 3.00. The molecule has 0 aromatic heterocycles.